The maximum atomic E-state index is 12.2. The fourth-order valence-corrected chi connectivity index (χ4v) is 2.46. The number of benzene rings is 1. The van der Waals surface area contributed by atoms with Gasteiger partial charge in [-0.15, -0.1) is 0 Å². The molecule has 7 heteroatoms. The molecule has 0 saturated carbocycles. The van der Waals surface area contributed by atoms with Gasteiger partial charge in [-0.3, -0.25) is 14.5 Å². The van der Waals surface area contributed by atoms with Crippen molar-refractivity contribution in [3.8, 4) is 0 Å². The number of hydrogen-bond acceptors (Lipinski definition) is 3. The summed E-state index contributed by atoms with van der Waals surface area (Å²) in [6.45, 7) is 4.94. The van der Waals surface area contributed by atoms with Crippen LogP contribution < -0.4 is 10.6 Å². The molecule has 1 aliphatic heterocycles. The second-order valence-corrected chi connectivity index (χ2v) is 5.95. The van der Waals surface area contributed by atoms with E-state index in [-0.39, 0.29) is 12.5 Å². The van der Waals surface area contributed by atoms with Gasteiger partial charge in [-0.1, -0.05) is 18.5 Å². The number of hydrogen-bond donors (Lipinski definition) is 2. The normalized spacial score (nSPS) is 21.0. The van der Waals surface area contributed by atoms with Crippen LogP contribution in [0, 0.1) is 6.92 Å². The molecule has 4 amide bonds. The summed E-state index contributed by atoms with van der Waals surface area (Å²) in [5.41, 5.74) is 0.462. The zero-order valence-electron chi connectivity index (χ0n) is 12.7. The SMILES string of the molecule is CC[C@]1(C)NC(=O)N(CC(=O)Nc2ccc(Cl)cc2C)C1=O. The van der Waals surface area contributed by atoms with E-state index in [0.29, 0.717) is 17.1 Å². The molecule has 1 aliphatic rings. The molecule has 1 atom stereocenters. The van der Waals surface area contributed by atoms with E-state index in [2.05, 4.69) is 10.6 Å². The van der Waals surface area contributed by atoms with Crippen LogP contribution in [0.3, 0.4) is 0 Å². The molecule has 0 bridgehead atoms. The Hall–Kier alpha value is -2.08. The van der Waals surface area contributed by atoms with Crippen LogP contribution in [0.15, 0.2) is 18.2 Å². The van der Waals surface area contributed by atoms with Gasteiger partial charge in [0.25, 0.3) is 5.91 Å². The van der Waals surface area contributed by atoms with Crippen LogP contribution in [0.25, 0.3) is 0 Å². The highest BCUT2D eigenvalue weighted by molar-refractivity contribution is 6.30. The quantitative estimate of drug-likeness (QED) is 0.835. The maximum absolute atomic E-state index is 12.2. The Bertz CT molecular complexity index is 647. The number of nitrogens with zero attached hydrogens (tertiary/aromatic N) is 1. The van der Waals surface area contributed by atoms with Gasteiger partial charge in [-0.05, 0) is 44.0 Å². The number of aryl methyl sites for hydroxylation is 1. The van der Waals surface area contributed by atoms with Crippen molar-refractivity contribution in [2.45, 2.75) is 32.7 Å². The molecular weight excluding hydrogens is 306 g/mol. The summed E-state index contributed by atoms with van der Waals surface area (Å²) in [6.07, 6.45) is 0.464. The van der Waals surface area contributed by atoms with Gasteiger partial charge >= 0.3 is 6.03 Å². The first kappa shape index (κ1) is 16.3. The minimum absolute atomic E-state index is 0.317. The summed E-state index contributed by atoms with van der Waals surface area (Å²) in [6, 6.07) is 4.51. The number of nitrogens with one attached hydrogen (secondary N) is 2. The number of anilines is 1. The number of carbonyl (C=O) groups excluding carboxylic acids is 3. The number of imide groups is 1. The molecule has 0 radical (unpaired) electrons. The van der Waals surface area contributed by atoms with E-state index >= 15 is 0 Å². The molecule has 118 valence electrons. The first-order valence-corrected chi connectivity index (χ1v) is 7.35. The van der Waals surface area contributed by atoms with E-state index in [1.54, 1.807) is 32.0 Å². The predicted octanol–water partition coefficient (Wildman–Crippen LogP) is 2.31. The lowest BCUT2D eigenvalue weighted by molar-refractivity contribution is -0.133. The Morgan fingerprint density at radius 2 is 2.09 bits per heavy atom. The third-order valence-electron chi connectivity index (χ3n) is 3.82. The maximum Gasteiger partial charge on any atom is 0.325 e. The van der Waals surface area contributed by atoms with E-state index in [1.165, 1.54) is 0 Å². The number of urea groups is 1. The van der Waals surface area contributed by atoms with Gasteiger partial charge in [0.05, 0.1) is 0 Å². The van der Waals surface area contributed by atoms with E-state index < -0.39 is 17.5 Å². The molecule has 2 rings (SSSR count). The van der Waals surface area contributed by atoms with Gasteiger partial charge in [-0.25, -0.2) is 4.79 Å². The minimum Gasteiger partial charge on any atom is -0.324 e. The highest BCUT2D eigenvalue weighted by atomic mass is 35.5. The molecule has 1 aromatic rings. The van der Waals surface area contributed by atoms with E-state index in [9.17, 15) is 14.4 Å². The van der Waals surface area contributed by atoms with Crippen molar-refractivity contribution >= 4 is 35.1 Å². The van der Waals surface area contributed by atoms with Gasteiger partial charge < -0.3 is 10.6 Å². The molecule has 1 aromatic carbocycles. The van der Waals surface area contributed by atoms with Crippen molar-refractivity contribution in [3.05, 3.63) is 28.8 Å². The second kappa shape index (κ2) is 5.96. The van der Waals surface area contributed by atoms with Crippen molar-refractivity contribution in [2.24, 2.45) is 0 Å². The minimum atomic E-state index is -0.937. The standard InChI is InChI=1S/C15H18ClN3O3/c1-4-15(3)13(21)19(14(22)18-15)8-12(20)17-11-6-5-10(16)7-9(11)2/h5-7H,4,8H2,1-3H3,(H,17,20)(H,18,22)/t15-/m0/s1. The Labute approximate surface area is 133 Å². The zero-order chi connectivity index (χ0) is 16.5. The number of halogens is 1. The summed E-state index contributed by atoms with van der Waals surface area (Å²) in [5, 5.41) is 5.86. The summed E-state index contributed by atoms with van der Waals surface area (Å²) in [7, 11) is 0. The van der Waals surface area contributed by atoms with Crippen LogP contribution in [0.4, 0.5) is 10.5 Å². The van der Waals surface area contributed by atoms with Crippen molar-refractivity contribution in [1.29, 1.82) is 0 Å². The lowest BCUT2D eigenvalue weighted by atomic mass is 9.99. The van der Waals surface area contributed by atoms with E-state index in [4.69, 9.17) is 11.6 Å². The molecule has 6 nitrogen and oxygen atoms in total. The molecule has 0 spiro atoms. The monoisotopic (exact) mass is 323 g/mol. The van der Waals surface area contributed by atoms with Crippen LogP contribution in [0.2, 0.25) is 5.02 Å². The van der Waals surface area contributed by atoms with Crippen LogP contribution >= 0.6 is 11.6 Å². The van der Waals surface area contributed by atoms with E-state index in [0.717, 1.165) is 10.5 Å². The summed E-state index contributed by atoms with van der Waals surface area (Å²) < 4.78 is 0. The van der Waals surface area contributed by atoms with E-state index in [1.807, 2.05) is 6.92 Å². The molecule has 1 saturated heterocycles. The zero-order valence-corrected chi connectivity index (χ0v) is 13.5. The van der Waals surface area contributed by atoms with Gasteiger partial charge in [0.2, 0.25) is 5.91 Å². The van der Waals surface area contributed by atoms with Gasteiger partial charge in [-0.2, -0.15) is 0 Å². The molecule has 0 aromatic heterocycles. The van der Waals surface area contributed by atoms with Gasteiger partial charge in [0.15, 0.2) is 0 Å². The Morgan fingerprint density at radius 3 is 2.64 bits per heavy atom. The predicted molar refractivity (Wildman–Crippen MR) is 83.8 cm³/mol. The molecule has 0 aliphatic carbocycles. The highest BCUT2D eigenvalue weighted by Gasteiger charge is 2.46. The Morgan fingerprint density at radius 1 is 1.41 bits per heavy atom. The van der Waals surface area contributed by atoms with Crippen molar-refractivity contribution < 1.29 is 14.4 Å². The second-order valence-electron chi connectivity index (χ2n) is 5.51. The average Bonchev–Trinajstić information content (AvgIpc) is 2.66. The number of rotatable bonds is 4. The first-order chi connectivity index (χ1) is 10.3. The lowest BCUT2D eigenvalue weighted by Crippen LogP contribution is -2.44. The highest BCUT2D eigenvalue weighted by Crippen LogP contribution is 2.22. The molecular formula is C15H18ClN3O3. The topological polar surface area (TPSA) is 78.5 Å². The number of amides is 4. The molecule has 1 fully saturated rings. The fraction of sp³-hybridized carbons (Fsp3) is 0.400. The summed E-state index contributed by atoms with van der Waals surface area (Å²) in [4.78, 5) is 37.1. The number of carbonyl (C=O) groups is 3. The van der Waals surface area contributed by atoms with Gasteiger partial charge in [0, 0.05) is 10.7 Å². The Balaban J connectivity index is 2.06. The van der Waals surface area contributed by atoms with Crippen molar-refractivity contribution in [2.75, 3.05) is 11.9 Å². The molecule has 0 unspecified atom stereocenters. The summed E-state index contributed by atoms with van der Waals surface area (Å²) >= 11 is 5.86. The third kappa shape index (κ3) is 3.06. The molecule has 1 heterocycles. The Kier molecular flexibility index (Phi) is 4.42. The van der Waals surface area contributed by atoms with Crippen LogP contribution in [0.5, 0.6) is 0 Å². The summed E-state index contributed by atoms with van der Waals surface area (Å²) in [5.74, 6) is -0.822. The van der Waals surface area contributed by atoms with Crippen molar-refractivity contribution in [3.63, 3.8) is 0 Å². The third-order valence-corrected chi connectivity index (χ3v) is 4.05. The lowest BCUT2D eigenvalue weighted by Gasteiger charge is -2.19. The molecule has 22 heavy (non-hydrogen) atoms. The smallest absolute Gasteiger partial charge is 0.324 e. The van der Waals surface area contributed by atoms with Crippen LogP contribution in [0.1, 0.15) is 25.8 Å². The van der Waals surface area contributed by atoms with Crippen LogP contribution in [-0.4, -0.2) is 34.8 Å². The first-order valence-electron chi connectivity index (χ1n) is 6.97. The van der Waals surface area contributed by atoms with Crippen molar-refractivity contribution in [1.82, 2.24) is 10.2 Å². The van der Waals surface area contributed by atoms with Crippen LogP contribution in [-0.2, 0) is 9.59 Å². The van der Waals surface area contributed by atoms with Gasteiger partial charge in [0.1, 0.15) is 12.1 Å². The molecule has 2 N–H and O–H groups in total. The largest absolute Gasteiger partial charge is 0.325 e. The average molecular weight is 324 g/mol. The fourth-order valence-electron chi connectivity index (χ4n) is 2.23.